The summed E-state index contributed by atoms with van der Waals surface area (Å²) < 4.78 is 0. The van der Waals surface area contributed by atoms with Crippen LogP contribution in [0.1, 0.15) is 39.2 Å². The maximum atomic E-state index is 12.9. The lowest BCUT2D eigenvalue weighted by Gasteiger charge is -2.31. The molecule has 0 spiro atoms. The summed E-state index contributed by atoms with van der Waals surface area (Å²) in [7, 11) is 0. The zero-order chi connectivity index (χ0) is 16.9. The molecule has 2 aromatic rings. The molecule has 2 aromatic carbocycles. The van der Waals surface area contributed by atoms with Crippen molar-refractivity contribution in [3.63, 3.8) is 0 Å². The Bertz CT molecular complexity index is 811. The van der Waals surface area contributed by atoms with Gasteiger partial charge in [0.1, 0.15) is 0 Å². The Labute approximate surface area is 144 Å². The lowest BCUT2D eigenvalue weighted by molar-refractivity contribution is -0.125. The molecule has 0 amide bonds. The molecule has 0 radical (unpaired) electrons. The van der Waals surface area contributed by atoms with Crippen LogP contribution < -0.4 is 0 Å². The van der Waals surface area contributed by atoms with E-state index in [1.165, 1.54) is 11.1 Å². The summed E-state index contributed by atoms with van der Waals surface area (Å²) in [4.78, 5) is 12.9. The van der Waals surface area contributed by atoms with E-state index < -0.39 is 0 Å². The lowest BCUT2D eigenvalue weighted by atomic mass is 9.70. The molecule has 24 heavy (non-hydrogen) atoms. The van der Waals surface area contributed by atoms with Crippen LogP contribution in [0.2, 0.25) is 0 Å². The minimum absolute atomic E-state index is 0.0832. The first kappa shape index (κ1) is 15.4. The van der Waals surface area contributed by atoms with Gasteiger partial charge in [-0.1, -0.05) is 75.4 Å². The van der Waals surface area contributed by atoms with Gasteiger partial charge in [-0.3, -0.25) is 4.79 Å². The smallest absolute Gasteiger partial charge is 0.165 e. The minimum Gasteiger partial charge on any atom is -0.294 e. The number of carbonyl (C=O) groups is 1. The Morgan fingerprint density at radius 3 is 2.12 bits per heavy atom. The van der Waals surface area contributed by atoms with Gasteiger partial charge >= 0.3 is 0 Å². The maximum absolute atomic E-state index is 12.9. The van der Waals surface area contributed by atoms with E-state index in [0.717, 1.165) is 24.0 Å². The third-order valence-electron chi connectivity index (χ3n) is 6.71. The third-order valence-corrected chi connectivity index (χ3v) is 6.71. The highest BCUT2D eigenvalue weighted by molar-refractivity contribution is 6.07. The van der Waals surface area contributed by atoms with Crippen molar-refractivity contribution < 1.29 is 4.79 Å². The normalized spacial score (nSPS) is 29.4. The first-order chi connectivity index (χ1) is 11.4. The summed E-state index contributed by atoms with van der Waals surface area (Å²) in [6, 6.07) is 18.9. The number of fused-ring (bicyclic) bond motifs is 2. The van der Waals surface area contributed by atoms with E-state index in [1.54, 1.807) is 0 Å². The minimum atomic E-state index is -0.173. The molecule has 2 aliphatic rings. The zero-order valence-corrected chi connectivity index (χ0v) is 14.7. The van der Waals surface area contributed by atoms with E-state index in [1.807, 2.05) is 6.07 Å². The average Bonchev–Trinajstić information content (AvgIpc) is 2.90. The number of ketones is 1. The monoisotopic (exact) mass is 316 g/mol. The summed E-state index contributed by atoms with van der Waals surface area (Å²) in [6.07, 6.45) is 4.31. The van der Waals surface area contributed by atoms with E-state index in [-0.39, 0.29) is 10.8 Å². The van der Waals surface area contributed by atoms with E-state index in [0.29, 0.717) is 11.7 Å². The standard InChI is InChI=1S/C23H24O/c1-22(2)20-13-14-23(22,3)21(24)19(20)15-16-9-11-18(12-10-16)17-7-5-4-6-8-17/h4-12,15,20H,13-14H2,1-3H3/b19-15-. The Kier molecular flexibility index (Phi) is 3.32. The molecule has 2 aliphatic carbocycles. The van der Waals surface area contributed by atoms with E-state index in [4.69, 9.17) is 0 Å². The van der Waals surface area contributed by atoms with Crippen LogP contribution >= 0.6 is 0 Å². The van der Waals surface area contributed by atoms with Gasteiger partial charge in [0.15, 0.2) is 5.78 Å². The predicted molar refractivity (Wildman–Crippen MR) is 99.5 cm³/mol. The summed E-state index contributed by atoms with van der Waals surface area (Å²) in [5.41, 5.74) is 4.52. The van der Waals surface area contributed by atoms with Crippen molar-refractivity contribution in [1.82, 2.24) is 0 Å². The third kappa shape index (κ3) is 2.04. The van der Waals surface area contributed by atoms with Crippen molar-refractivity contribution >= 4 is 11.9 Å². The quantitative estimate of drug-likeness (QED) is 0.644. The largest absolute Gasteiger partial charge is 0.294 e. The van der Waals surface area contributed by atoms with Crippen LogP contribution in [0.3, 0.4) is 0 Å². The van der Waals surface area contributed by atoms with E-state index >= 15 is 0 Å². The highest BCUT2D eigenvalue weighted by atomic mass is 16.1. The van der Waals surface area contributed by atoms with Crippen molar-refractivity contribution in [3.05, 3.63) is 65.7 Å². The number of hydrogen-bond acceptors (Lipinski definition) is 1. The second-order valence-corrected chi connectivity index (χ2v) is 8.06. The molecule has 0 aromatic heterocycles. The van der Waals surface area contributed by atoms with Crippen LogP contribution in [0.25, 0.3) is 17.2 Å². The Morgan fingerprint density at radius 2 is 1.54 bits per heavy atom. The zero-order valence-electron chi connectivity index (χ0n) is 14.7. The highest BCUT2D eigenvalue weighted by Gasteiger charge is 2.63. The first-order valence-electron chi connectivity index (χ1n) is 8.85. The fraction of sp³-hybridized carbons (Fsp3) is 0.348. The molecule has 122 valence electrons. The fourth-order valence-corrected chi connectivity index (χ4v) is 4.68. The molecule has 2 atom stereocenters. The topological polar surface area (TPSA) is 17.1 Å². The van der Waals surface area contributed by atoms with E-state index in [2.05, 4.69) is 75.4 Å². The number of hydrogen-bond donors (Lipinski definition) is 0. The summed E-state index contributed by atoms with van der Waals surface area (Å²) in [5.74, 6) is 0.777. The number of Topliss-reactive ketones (excluding diaryl/α,β-unsaturated/α-hetero) is 1. The van der Waals surface area contributed by atoms with Gasteiger partial charge in [-0.2, -0.15) is 0 Å². The number of carbonyl (C=O) groups excluding carboxylic acids is 1. The molecule has 0 N–H and O–H groups in total. The van der Waals surface area contributed by atoms with Crippen LogP contribution in [0, 0.1) is 16.7 Å². The molecule has 0 aliphatic heterocycles. The van der Waals surface area contributed by atoms with Gasteiger partial charge in [0.2, 0.25) is 0 Å². The Hall–Kier alpha value is -2.15. The lowest BCUT2D eigenvalue weighted by Crippen LogP contribution is -2.32. The molecule has 2 unspecified atom stereocenters. The fourth-order valence-electron chi connectivity index (χ4n) is 4.68. The van der Waals surface area contributed by atoms with Gasteiger partial charge in [-0.25, -0.2) is 0 Å². The van der Waals surface area contributed by atoms with Crippen molar-refractivity contribution in [1.29, 1.82) is 0 Å². The summed E-state index contributed by atoms with van der Waals surface area (Å²) >= 11 is 0. The van der Waals surface area contributed by atoms with Crippen LogP contribution in [0.5, 0.6) is 0 Å². The van der Waals surface area contributed by atoms with Gasteiger partial charge in [0.25, 0.3) is 0 Å². The second kappa shape index (κ2) is 5.17. The molecule has 1 heteroatoms. The molecule has 2 bridgehead atoms. The molecule has 1 nitrogen and oxygen atoms in total. The average molecular weight is 316 g/mol. The van der Waals surface area contributed by atoms with Gasteiger partial charge in [-0.05, 0) is 52.5 Å². The predicted octanol–water partition coefficient (Wildman–Crippen LogP) is 5.76. The number of rotatable bonds is 2. The maximum Gasteiger partial charge on any atom is 0.165 e. The van der Waals surface area contributed by atoms with Crippen molar-refractivity contribution in [2.45, 2.75) is 33.6 Å². The molecule has 2 fully saturated rings. The SMILES string of the molecule is CC12CCC(/C(=C/c3ccc(-c4ccccc4)cc3)C1=O)C2(C)C. The summed E-state index contributed by atoms with van der Waals surface area (Å²) in [6.45, 7) is 6.69. The van der Waals surface area contributed by atoms with Crippen LogP contribution in [0.4, 0.5) is 0 Å². The van der Waals surface area contributed by atoms with Crippen LogP contribution in [-0.4, -0.2) is 5.78 Å². The molecular weight excluding hydrogens is 292 g/mol. The molecule has 0 heterocycles. The van der Waals surface area contributed by atoms with Crippen molar-refractivity contribution in [2.24, 2.45) is 16.7 Å². The van der Waals surface area contributed by atoms with Gasteiger partial charge in [-0.15, -0.1) is 0 Å². The van der Waals surface area contributed by atoms with Crippen molar-refractivity contribution in [3.8, 4) is 11.1 Å². The highest BCUT2D eigenvalue weighted by Crippen LogP contribution is 2.65. The van der Waals surface area contributed by atoms with Gasteiger partial charge < -0.3 is 0 Å². The van der Waals surface area contributed by atoms with Crippen LogP contribution in [-0.2, 0) is 4.79 Å². The molecular formula is C23H24O. The number of benzene rings is 2. The summed E-state index contributed by atoms with van der Waals surface area (Å²) in [5, 5.41) is 0. The number of allylic oxidation sites excluding steroid dienone is 1. The van der Waals surface area contributed by atoms with Crippen LogP contribution in [0.15, 0.2) is 60.2 Å². The Balaban J connectivity index is 1.67. The molecule has 2 saturated carbocycles. The first-order valence-corrected chi connectivity index (χ1v) is 8.85. The Morgan fingerprint density at radius 1 is 0.917 bits per heavy atom. The van der Waals surface area contributed by atoms with Gasteiger partial charge in [0, 0.05) is 5.41 Å². The molecule has 0 saturated heterocycles. The van der Waals surface area contributed by atoms with E-state index in [9.17, 15) is 4.79 Å². The van der Waals surface area contributed by atoms with Gasteiger partial charge in [0.05, 0.1) is 0 Å². The second-order valence-electron chi connectivity index (χ2n) is 8.06. The van der Waals surface area contributed by atoms with Crippen molar-refractivity contribution in [2.75, 3.05) is 0 Å². The molecule has 4 rings (SSSR count).